The first kappa shape index (κ1) is 23.1. The third kappa shape index (κ3) is 4.76. The Bertz CT molecular complexity index is 1090. The number of benzene rings is 1. The van der Waals surface area contributed by atoms with Crippen LogP contribution < -0.4 is 16.4 Å². The van der Waals surface area contributed by atoms with E-state index in [1.165, 1.54) is 11.1 Å². The highest BCUT2D eigenvalue weighted by molar-refractivity contribution is 6.32. The summed E-state index contributed by atoms with van der Waals surface area (Å²) in [6, 6.07) is 6.33. The average Bonchev–Trinajstić information content (AvgIpc) is 3.37. The Morgan fingerprint density at radius 3 is 2.82 bits per heavy atom. The fourth-order valence-corrected chi connectivity index (χ4v) is 5.66. The number of hydrogen-bond donors (Lipinski definition) is 3. The molecular weight excluding hydrogens is 452 g/mol. The third-order valence-corrected chi connectivity index (χ3v) is 7.58. The molecule has 0 saturated heterocycles. The van der Waals surface area contributed by atoms with Gasteiger partial charge in [-0.1, -0.05) is 29.8 Å². The van der Waals surface area contributed by atoms with Crippen molar-refractivity contribution in [2.75, 3.05) is 44.0 Å². The van der Waals surface area contributed by atoms with Gasteiger partial charge in [0.1, 0.15) is 5.02 Å². The zero-order chi connectivity index (χ0) is 23.7. The quantitative estimate of drug-likeness (QED) is 0.496. The summed E-state index contributed by atoms with van der Waals surface area (Å²) in [4.78, 5) is 23.5. The van der Waals surface area contributed by atoms with Gasteiger partial charge in [-0.3, -0.25) is 4.79 Å². The highest BCUT2D eigenvalue weighted by Crippen LogP contribution is 2.45. The maximum absolute atomic E-state index is 12.1. The predicted molar refractivity (Wildman–Crippen MR) is 133 cm³/mol. The molecule has 2 aromatic rings. The molecule has 2 heterocycles. The Hall–Kier alpha value is -2.68. The van der Waals surface area contributed by atoms with Gasteiger partial charge in [0, 0.05) is 38.5 Å². The van der Waals surface area contributed by atoms with E-state index in [2.05, 4.69) is 55.9 Å². The van der Waals surface area contributed by atoms with Crippen molar-refractivity contribution in [1.82, 2.24) is 14.9 Å². The van der Waals surface area contributed by atoms with Gasteiger partial charge >= 0.3 is 0 Å². The number of primary amides is 1. The van der Waals surface area contributed by atoms with Crippen molar-refractivity contribution in [3.05, 3.63) is 52.7 Å². The van der Waals surface area contributed by atoms with Gasteiger partial charge in [-0.05, 0) is 54.4 Å². The lowest BCUT2D eigenvalue weighted by molar-refractivity contribution is -0.122. The van der Waals surface area contributed by atoms with E-state index in [-0.39, 0.29) is 29.7 Å². The number of ether oxygens (including phenoxy) is 1. The molecule has 2 bridgehead atoms. The largest absolute Gasteiger partial charge is 0.383 e. The molecule has 0 spiro atoms. The Morgan fingerprint density at radius 2 is 2.03 bits per heavy atom. The highest BCUT2D eigenvalue weighted by Gasteiger charge is 2.47. The number of anilines is 3. The van der Waals surface area contributed by atoms with E-state index in [9.17, 15) is 4.79 Å². The Kier molecular flexibility index (Phi) is 6.72. The molecule has 4 atom stereocenters. The molecule has 1 aromatic carbocycles. The van der Waals surface area contributed by atoms with Crippen LogP contribution in [0.5, 0.6) is 0 Å². The van der Waals surface area contributed by atoms with Crippen molar-refractivity contribution in [2.24, 2.45) is 23.5 Å². The maximum Gasteiger partial charge on any atom is 0.229 e. The molecule has 2 aliphatic carbocycles. The monoisotopic (exact) mass is 482 g/mol. The number of amides is 1. The van der Waals surface area contributed by atoms with Gasteiger partial charge in [-0.2, -0.15) is 4.98 Å². The Balaban J connectivity index is 1.29. The molecule has 180 valence electrons. The number of rotatable bonds is 8. The molecule has 9 heteroatoms. The van der Waals surface area contributed by atoms with E-state index in [1.807, 2.05) is 0 Å². The summed E-state index contributed by atoms with van der Waals surface area (Å²) >= 11 is 6.41. The lowest BCUT2D eigenvalue weighted by atomic mass is 9.88. The molecule has 1 amide bonds. The molecule has 3 aliphatic rings. The van der Waals surface area contributed by atoms with Gasteiger partial charge in [-0.25, -0.2) is 4.98 Å². The van der Waals surface area contributed by atoms with Gasteiger partial charge in [0.2, 0.25) is 11.9 Å². The summed E-state index contributed by atoms with van der Waals surface area (Å²) in [5.74, 6) is 0.853. The standard InChI is InChI=1S/C25H31ClN6O2/c1-34-11-10-32-8-6-15-4-5-19(13-16(15)7-9-32)29-25-28-14-20(26)24(31-25)30-22-18-3-2-17(12-18)21(22)23(27)33/h2-5,13-14,17-18,21-22H,6-12H2,1H3,(H2,27,33)(H2,28,29,30,31)/t17-,18+,21+,22-/m0/s1. The zero-order valence-electron chi connectivity index (χ0n) is 19.3. The van der Waals surface area contributed by atoms with Crippen LogP contribution in [0.2, 0.25) is 5.02 Å². The van der Waals surface area contributed by atoms with Crippen molar-refractivity contribution in [2.45, 2.75) is 25.3 Å². The number of allylic oxidation sites excluding steroid dienone is 1. The lowest BCUT2D eigenvalue weighted by Gasteiger charge is -2.27. The minimum atomic E-state index is -0.288. The number of fused-ring (bicyclic) bond motifs is 3. The second-order valence-electron chi connectivity index (χ2n) is 9.38. The molecule has 8 nitrogen and oxygen atoms in total. The molecule has 1 aromatic heterocycles. The van der Waals surface area contributed by atoms with E-state index in [4.69, 9.17) is 22.1 Å². The number of methoxy groups -OCH3 is 1. The number of halogens is 1. The van der Waals surface area contributed by atoms with Crippen LogP contribution in [0.3, 0.4) is 0 Å². The number of nitrogens with two attached hydrogens (primary N) is 1. The number of hydrogen-bond acceptors (Lipinski definition) is 7. The number of aromatic nitrogens is 2. The van der Waals surface area contributed by atoms with Crippen LogP contribution in [0.15, 0.2) is 36.5 Å². The second kappa shape index (κ2) is 9.90. The normalized spacial score (nSPS) is 25.7. The molecule has 5 rings (SSSR count). The number of nitrogens with zero attached hydrogens (tertiary/aromatic N) is 3. The van der Waals surface area contributed by atoms with Gasteiger partial charge in [0.05, 0.1) is 18.7 Å². The van der Waals surface area contributed by atoms with Crippen molar-refractivity contribution in [3.63, 3.8) is 0 Å². The number of nitrogens with one attached hydrogen (secondary N) is 2. The van der Waals surface area contributed by atoms with E-state index < -0.39 is 0 Å². The summed E-state index contributed by atoms with van der Waals surface area (Å²) in [6.45, 7) is 3.78. The summed E-state index contributed by atoms with van der Waals surface area (Å²) < 4.78 is 5.23. The van der Waals surface area contributed by atoms with Crippen LogP contribution in [0.25, 0.3) is 0 Å². The Morgan fingerprint density at radius 1 is 1.24 bits per heavy atom. The molecule has 0 unspecified atom stereocenters. The molecular formula is C25H31ClN6O2. The van der Waals surface area contributed by atoms with Crippen LogP contribution in [0.1, 0.15) is 17.5 Å². The van der Waals surface area contributed by atoms with Crippen LogP contribution in [-0.4, -0.2) is 60.2 Å². The smallest absolute Gasteiger partial charge is 0.229 e. The summed E-state index contributed by atoms with van der Waals surface area (Å²) in [5.41, 5.74) is 9.36. The second-order valence-corrected chi connectivity index (χ2v) is 9.79. The van der Waals surface area contributed by atoms with Crippen LogP contribution >= 0.6 is 11.6 Å². The number of carbonyl (C=O) groups excluding carboxylic acids is 1. The molecule has 1 saturated carbocycles. The van der Waals surface area contributed by atoms with E-state index in [0.29, 0.717) is 16.8 Å². The third-order valence-electron chi connectivity index (χ3n) is 7.30. The molecule has 34 heavy (non-hydrogen) atoms. The number of carbonyl (C=O) groups is 1. The first-order valence-electron chi connectivity index (χ1n) is 11.9. The van der Waals surface area contributed by atoms with E-state index in [1.54, 1.807) is 13.3 Å². The molecule has 4 N–H and O–H groups in total. The van der Waals surface area contributed by atoms with E-state index >= 15 is 0 Å². The van der Waals surface area contributed by atoms with Crippen molar-refractivity contribution >= 4 is 35.0 Å². The topological polar surface area (TPSA) is 105 Å². The van der Waals surface area contributed by atoms with Gasteiger partial charge < -0.3 is 26.0 Å². The Labute approximate surface area is 204 Å². The van der Waals surface area contributed by atoms with Gasteiger partial charge in [0.25, 0.3) is 0 Å². The molecule has 1 fully saturated rings. The van der Waals surface area contributed by atoms with Gasteiger partial charge in [0.15, 0.2) is 5.82 Å². The summed E-state index contributed by atoms with van der Waals surface area (Å²) in [7, 11) is 1.75. The molecule has 1 aliphatic heterocycles. The van der Waals surface area contributed by atoms with Crippen molar-refractivity contribution in [1.29, 1.82) is 0 Å². The van der Waals surface area contributed by atoms with Crippen LogP contribution in [0, 0.1) is 17.8 Å². The average molecular weight is 483 g/mol. The van der Waals surface area contributed by atoms with Crippen molar-refractivity contribution in [3.8, 4) is 0 Å². The van der Waals surface area contributed by atoms with Crippen molar-refractivity contribution < 1.29 is 9.53 Å². The predicted octanol–water partition coefficient (Wildman–Crippen LogP) is 3.01. The summed E-state index contributed by atoms with van der Waals surface area (Å²) in [5, 5.41) is 7.12. The lowest BCUT2D eigenvalue weighted by Crippen LogP contribution is -2.41. The minimum Gasteiger partial charge on any atom is -0.383 e. The van der Waals surface area contributed by atoms with Gasteiger partial charge in [-0.15, -0.1) is 0 Å². The SMILES string of the molecule is COCCN1CCc2ccc(Nc3ncc(Cl)c(N[C@@H]4[C@H](C(N)=O)[C@H]5C=C[C@@H]4C5)n3)cc2CC1. The van der Waals surface area contributed by atoms with Crippen LogP contribution in [0.4, 0.5) is 17.5 Å². The summed E-state index contributed by atoms with van der Waals surface area (Å²) in [6.07, 6.45) is 8.79. The highest BCUT2D eigenvalue weighted by atomic mass is 35.5. The zero-order valence-corrected chi connectivity index (χ0v) is 20.1. The first-order chi connectivity index (χ1) is 16.5. The fourth-order valence-electron chi connectivity index (χ4n) is 5.52. The van der Waals surface area contributed by atoms with Crippen LogP contribution in [-0.2, 0) is 22.4 Å². The fraction of sp³-hybridized carbons (Fsp3) is 0.480. The van der Waals surface area contributed by atoms with E-state index in [0.717, 1.165) is 51.2 Å². The molecule has 0 radical (unpaired) electrons. The first-order valence-corrected chi connectivity index (χ1v) is 12.3. The maximum atomic E-state index is 12.1. The minimum absolute atomic E-state index is 0.110.